The fourth-order valence-electron chi connectivity index (χ4n) is 4.77. The van der Waals surface area contributed by atoms with Crippen LogP contribution >= 0.6 is 0 Å². The van der Waals surface area contributed by atoms with Crippen LogP contribution in [0.4, 0.5) is 0 Å². The molecule has 0 aliphatic rings. The number of aromatic nitrogens is 4. The Morgan fingerprint density at radius 3 is 0.730 bits per heavy atom. The Bertz CT molecular complexity index is 1550. The van der Waals surface area contributed by atoms with Gasteiger partial charge < -0.3 is 0 Å². The van der Waals surface area contributed by atoms with Crippen LogP contribution in [0.15, 0.2) is 49.1 Å². The van der Waals surface area contributed by atoms with E-state index in [9.17, 15) is 0 Å². The first-order valence-corrected chi connectivity index (χ1v) is 12.4. The van der Waals surface area contributed by atoms with Gasteiger partial charge in [-0.2, -0.15) is 0 Å². The quantitative estimate of drug-likeness (QED) is 0.146. The Labute approximate surface area is 229 Å². The molecule has 2 aromatic carbocycles. The fraction of sp³-hybridized carbons (Fsp3) is 0.250. The van der Waals surface area contributed by atoms with Crippen LogP contribution in [0.2, 0.25) is 0 Å². The van der Waals surface area contributed by atoms with Crippen molar-refractivity contribution in [3.63, 3.8) is 0 Å². The molecule has 0 bridgehead atoms. The van der Waals surface area contributed by atoms with Gasteiger partial charge in [-0.1, -0.05) is 24.3 Å². The minimum absolute atomic E-state index is 0. The van der Waals surface area contributed by atoms with Crippen molar-refractivity contribution in [3.8, 4) is 0 Å². The Kier molecular flexibility index (Phi) is 7.32. The van der Waals surface area contributed by atoms with E-state index in [0.717, 1.165) is 22.1 Å². The van der Waals surface area contributed by atoms with Crippen molar-refractivity contribution >= 4 is 43.6 Å². The first-order valence-electron chi connectivity index (χ1n) is 12.4. The summed E-state index contributed by atoms with van der Waals surface area (Å²) < 4.78 is 0. The molecule has 6 rings (SSSR count). The summed E-state index contributed by atoms with van der Waals surface area (Å²) in [5.74, 6) is 0. The van der Waals surface area contributed by atoms with Gasteiger partial charge in [0.15, 0.2) is 0 Å². The maximum absolute atomic E-state index is 4.58. The van der Waals surface area contributed by atoms with E-state index in [0.29, 0.717) is 0 Å². The van der Waals surface area contributed by atoms with E-state index in [1.807, 2.05) is 24.8 Å². The van der Waals surface area contributed by atoms with Gasteiger partial charge in [-0.3, -0.25) is 19.9 Å². The number of pyridine rings is 4. The number of fused-ring (bicyclic) bond motifs is 6. The minimum Gasteiger partial charge on any atom is -0.254 e. The average molecular weight is 536 g/mol. The van der Waals surface area contributed by atoms with Gasteiger partial charge in [0, 0.05) is 46.3 Å². The topological polar surface area (TPSA) is 51.6 Å². The maximum atomic E-state index is 4.58. The van der Waals surface area contributed by atoms with Crippen molar-refractivity contribution in [2.75, 3.05) is 0 Å². The average Bonchev–Trinajstić information content (AvgIpc) is 2.88. The molecule has 4 nitrogen and oxygen atoms in total. The van der Waals surface area contributed by atoms with Crippen molar-refractivity contribution in [1.29, 1.82) is 0 Å². The zero-order valence-corrected chi connectivity index (χ0v) is 23.7. The molecule has 0 spiro atoms. The molecule has 0 saturated carbocycles. The summed E-state index contributed by atoms with van der Waals surface area (Å²) in [5, 5.41) is 4.83. The molecule has 0 atom stereocenters. The van der Waals surface area contributed by atoms with Gasteiger partial charge in [-0.15, -0.1) is 0 Å². The molecule has 6 aromatic rings. The van der Waals surface area contributed by atoms with Gasteiger partial charge in [0.1, 0.15) is 0 Å². The van der Waals surface area contributed by atoms with Crippen LogP contribution in [0.3, 0.4) is 0 Å². The number of hydrogen-bond donors (Lipinski definition) is 0. The largest absolute Gasteiger partial charge is 1.00 e. The molecule has 0 unspecified atom stereocenters. The van der Waals surface area contributed by atoms with Crippen molar-refractivity contribution in [3.05, 3.63) is 93.6 Å². The molecule has 37 heavy (non-hydrogen) atoms. The van der Waals surface area contributed by atoms with E-state index in [-0.39, 0.29) is 17.1 Å². The smallest absolute Gasteiger partial charge is 0.254 e. The predicted molar refractivity (Wildman–Crippen MR) is 152 cm³/mol. The van der Waals surface area contributed by atoms with Gasteiger partial charge in [0.25, 0.3) is 0 Å². The van der Waals surface area contributed by atoms with E-state index in [1.54, 1.807) is 0 Å². The van der Waals surface area contributed by atoms with Crippen LogP contribution in [0, 0.1) is 55.4 Å². The first-order chi connectivity index (χ1) is 17.2. The second-order valence-corrected chi connectivity index (χ2v) is 9.98. The zero-order valence-electron chi connectivity index (χ0n) is 22.7. The Morgan fingerprint density at radius 2 is 0.541 bits per heavy atom. The predicted octanol–water partition coefficient (Wildman–Crippen LogP) is 8.03. The summed E-state index contributed by atoms with van der Waals surface area (Å²) in [6.07, 6.45) is 7.75. The summed E-state index contributed by atoms with van der Waals surface area (Å²) in [7, 11) is 0. The molecular formula is C32H32CuN4+. The van der Waals surface area contributed by atoms with Gasteiger partial charge in [0.05, 0.1) is 22.1 Å². The Balaban J connectivity index is 0.000000168. The summed E-state index contributed by atoms with van der Waals surface area (Å²) in [6.45, 7) is 17.0. The normalized spacial score (nSPS) is 11.0. The van der Waals surface area contributed by atoms with Gasteiger partial charge in [-0.05, 0) is 99.9 Å². The molecule has 4 aromatic heterocycles. The van der Waals surface area contributed by atoms with E-state index in [1.165, 1.54) is 66.1 Å². The van der Waals surface area contributed by atoms with Crippen LogP contribution < -0.4 is 0 Å². The molecule has 0 aliphatic carbocycles. The summed E-state index contributed by atoms with van der Waals surface area (Å²) in [6, 6.07) is 8.67. The standard InChI is InChI=1S/2C16H16N2.Cu/c2*1-9-7-17-15-13(11(9)3)5-6-14-12(4)10(2)8-18-16(14)15;/h2*5-8H,1-4H3;/q;;+1. The van der Waals surface area contributed by atoms with E-state index in [4.69, 9.17) is 0 Å². The van der Waals surface area contributed by atoms with Crippen LogP contribution in [-0.4, -0.2) is 19.9 Å². The second kappa shape index (κ2) is 10.2. The molecule has 0 N–H and O–H groups in total. The van der Waals surface area contributed by atoms with Gasteiger partial charge >= 0.3 is 17.1 Å². The fourth-order valence-corrected chi connectivity index (χ4v) is 4.77. The van der Waals surface area contributed by atoms with Crippen molar-refractivity contribution in [2.45, 2.75) is 55.4 Å². The van der Waals surface area contributed by atoms with E-state index >= 15 is 0 Å². The molecule has 0 aliphatic heterocycles. The number of aryl methyl sites for hydroxylation is 8. The third kappa shape index (κ3) is 4.47. The third-order valence-electron chi connectivity index (χ3n) is 7.83. The van der Waals surface area contributed by atoms with Gasteiger partial charge in [-0.25, -0.2) is 0 Å². The molecule has 5 heteroatoms. The monoisotopic (exact) mass is 535 g/mol. The molecule has 4 heterocycles. The molecule has 0 fully saturated rings. The summed E-state index contributed by atoms with van der Waals surface area (Å²) in [5.41, 5.74) is 14.1. The van der Waals surface area contributed by atoms with Crippen LogP contribution in [0.25, 0.3) is 43.6 Å². The first kappa shape index (κ1) is 26.7. The van der Waals surface area contributed by atoms with Crippen molar-refractivity contribution < 1.29 is 17.1 Å². The van der Waals surface area contributed by atoms with Gasteiger partial charge in [0.2, 0.25) is 0 Å². The van der Waals surface area contributed by atoms with Crippen LogP contribution in [0.1, 0.15) is 44.5 Å². The van der Waals surface area contributed by atoms with Crippen molar-refractivity contribution in [2.24, 2.45) is 0 Å². The number of nitrogens with zero attached hydrogens (tertiary/aromatic N) is 4. The van der Waals surface area contributed by atoms with E-state index in [2.05, 4.69) is 99.6 Å². The molecule has 0 amide bonds. The Hall–Kier alpha value is -3.40. The SMILES string of the molecule is Cc1cnc2c(ccc3c(C)c(C)cnc32)c1C.Cc1cnc2c(ccc3c(C)c(C)cnc32)c1C.[Cu+]. The third-order valence-corrected chi connectivity index (χ3v) is 7.83. The summed E-state index contributed by atoms with van der Waals surface area (Å²) >= 11 is 0. The van der Waals surface area contributed by atoms with Crippen molar-refractivity contribution in [1.82, 2.24) is 19.9 Å². The van der Waals surface area contributed by atoms with E-state index < -0.39 is 0 Å². The second-order valence-electron chi connectivity index (χ2n) is 9.98. The molecular weight excluding hydrogens is 504 g/mol. The van der Waals surface area contributed by atoms with Crippen LogP contribution in [0.5, 0.6) is 0 Å². The maximum Gasteiger partial charge on any atom is 1.00 e. The molecule has 0 saturated heterocycles. The summed E-state index contributed by atoms with van der Waals surface area (Å²) in [4.78, 5) is 18.3. The number of rotatable bonds is 0. The molecule has 0 radical (unpaired) electrons. The molecule has 190 valence electrons. The number of hydrogen-bond acceptors (Lipinski definition) is 4. The van der Waals surface area contributed by atoms with Crippen LogP contribution in [-0.2, 0) is 17.1 Å². The minimum atomic E-state index is 0. The Morgan fingerprint density at radius 1 is 0.351 bits per heavy atom. The number of benzene rings is 2. The zero-order chi connectivity index (χ0) is 25.7.